The third kappa shape index (κ3) is 6.63. The molecule has 8 nitrogen and oxygen atoms in total. The first-order valence-electron chi connectivity index (χ1n) is 14.0. The molecule has 3 aromatic carbocycles. The molecule has 1 N–H and O–H groups in total. The molecule has 0 saturated carbocycles. The predicted molar refractivity (Wildman–Crippen MR) is 157 cm³/mol. The highest BCUT2D eigenvalue weighted by Gasteiger charge is 2.25. The first kappa shape index (κ1) is 27.3. The Labute approximate surface area is 234 Å². The van der Waals surface area contributed by atoms with Crippen LogP contribution in [0.4, 0.5) is 0 Å². The van der Waals surface area contributed by atoms with E-state index in [1.54, 1.807) is 0 Å². The smallest absolute Gasteiger partial charge is 0.252 e. The van der Waals surface area contributed by atoms with Crippen LogP contribution >= 0.6 is 0 Å². The summed E-state index contributed by atoms with van der Waals surface area (Å²) in [5.74, 6) is 1.61. The van der Waals surface area contributed by atoms with Gasteiger partial charge in [-0.05, 0) is 72.0 Å². The van der Waals surface area contributed by atoms with Crippen LogP contribution in [0.15, 0.2) is 89.7 Å². The molecular formula is C32H36N6O2. The summed E-state index contributed by atoms with van der Waals surface area (Å²) in [4.78, 5) is 18.6. The van der Waals surface area contributed by atoms with Crippen molar-refractivity contribution in [2.45, 2.75) is 52.2 Å². The van der Waals surface area contributed by atoms with E-state index < -0.39 is 0 Å². The highest BCUT2D eigenvalue weighted by Crippen LogP contribution is 2.26. The molecule has 5 rings (SSSR count). The van der Waals surface area contributed by atoms with E-state index in [0.29, 0.717) is 25.3 Å². The van der Waals surface area contributed by atoms with Crippen molar-refractivity contribution in [3.63, 3.8) is 0 Å². The molecule has 1 unspecified atom stereocenters. The van der Waals surface area contributed by atoms with Gasteiger partial charge in [0.2, 0.25) is 0 Å². The number of aryl methyl sites for hydroxylation is 2. The number of aromatic amines is 1. The van der Waals surface area contributed by atoms with Gasteiger partial charge in [-0.25, -0.2) is 4.68 Å². The molecule has 0 saturated heterocycles. The number of nitrogens with zero attached hydrogens (tertiary/aromatic N) is 5. The minimum absolute atomic E-state index is 0.0562. The van der Waals surface area contributed by atoms with E-state index in [-0.39, 0.29) is 11.6 Å². The minimum atomic E-state index is -0.0834. The van der Waals surface area contributed by atoms with Gasteiger partial charge in [0.15, 0.2) is 5.82 Å². The van der Waals surface area contributed by atoms with Gasteiger partial charge in [0.05, 0.1) is 12.6 Å². The molecule has 1 atom stereocenters. The minimum Gasteiger partial charge on any atom is -0.494 e. The summed E-state index contributed by atoms with van der Waals surface area (Å²) in [7, 11) is 0. The number of H-pyrrole nitrogens is 1. The number of aromatic nitrogens is 5. The number of hydrogen-bond donors (Lipinski definition) is 1. The van der Waals surface area contributed by atoms with Crippen LogP contribution in [0.5, 0.6) is 5.75 Å². The molecule has 5 aromatic rings. The second kappa shape index (κ2) is 13.2. The summed E-state index contributed by atoms with van der Waals surface area (Å²) >= 11 is 0. The number of fused-ring (bicyclic) bond motifs is 1. The summed E-state index contributed by atoms with van der Waals surface area (Å²) in [5.41, 5.74) is 3.91. The van der Waals surface area contributed by atoms with Gasteiger partial charge < -0.3 is 9.72 Å². The fourth-order valence-corrected chi connectivity index (χ4v) is 5.18. The summed E-state index contributed by atoms with van der Waals surface area (Å²) in [5, 5.41) is 13.8. The van der Waals surface area contributed by atoms with Crippen LogP contribution in [0.25, 0.3) is 10.9 Å². The normalized spacial score (nSPS) is 12.2. The lowest BCUT2D eigenvalue weighted by Gasteiger charge is -2.30. The lowest BCUT2D eigenvalue weighted by molar-refractivity contribution is 0.171. The molecule has 0 bridgehead atoms. The van der Waals surface area contributed by atoms with Gasteiger partial charge in [-0.15, -0.1) is 5.10 Å². The zero-order chi connectivity index (χ0) is 27.7. The predicted octanol–water partition coefficient (Wildman–Crippen LogP) is 5.35. The SMILES string of the molecule is CCOc1ccc2[nH]c(=O)c(CN(CCc3ccccc3)C(CC)c3nnnn3CCc3ccccc3)cc2c1. The van der Waals surface area contributed by atoms with Crippen molar-refractivity contribution >= 4 is 10.9 Å². The van der Waals surface area contributed by atoms with Crippen LogP contribution in [0, 0.1) is 0 Å². The standard InChI is InChI=1S/C32H36N6O2/c1-3-30(31-34-35-36-38(31)20-18-25-13-9-6-10-14-25)37(19-17-24-11-7-5-8-12-24)23-27-21-26-22-28(40-4-2)15-16-29(26)33-32(27)39/h5-16,21-22,30H,3-4,17-20,23H2,1-2H3,(H,33,39). The lowest BCUT2D eigenvalue weighted by atomic mass is 10.1. The highest BCUT2D eigenvalue weighted by molar-refractivity contribution is 5.80. The molecule has 0 aliphatic carbocycles. The van der Waals surface area contributed by atoms with Crippen molar-refractivity contribution in [1.29, 1.82) is 0 Å². The van der Waals surface area contributed by atoms with Crippen molar-refractivity contribution < 1.29 is 4.74 Å². The molecular weight excluding hydrogens is 500 g/mol. The van der Waals surface area contributed by atoms with E-state index in [4.69, 9.17) is 4.74 Å². The Morgan fingerprint density at radius 1 is 0.925 bits per heavy atom. The summed E-state index contributed by atoms with van der Waals surface area (Å²) in [6, 6.07) is 28.5. The number of nitrogens with one attached hydrogen (secondary N) is 1. The third-order valence-electron chi connectivity index (χ3n) is 7.25. The molecule has 2 aromatic heterocycles. The van der Waals surface area contributed by atoms with E-state index in [1.807, 2.05) is 48.0 Å². The van der Waals surface area contributed by atoms with Gasteiger partial charge in [-0.3, -0.25) is 9.69 Å². The molecule has 0 fully saturated rings. The lowest BCUT2D eigenvalue weighted by Crippen LogP contribution is -2.34. The van der Waals surface area contributed by atoms with Crippen molar-refractivity contribution in [1.82, 2.24) is 30.1 Å². The molecule has 0 amide bonds. The van der Waals surface area contributed by atoms with Crippen LogP contribution in [0.1, 0.15) is 48.8 Å². The molecule has 0 aliphatic rings. The quantitative estimate of drug-likeness (QED) is 0.218. The van der Waals surface area contributed by atoms with Crippen LogP contribution in [0.3, 0.4) is 0 Å². The number of ether oxygens (including phenoxy) is 1. The average Bonchev–Trinajstić information content (AvgIpc) is 3.45. The third-order valence-corrected chi connectivity index (χ3v) is 7.25. The summed E-state index contributed by atoms with van der Waals surface area (Å²) in [6.45, 7) is 6.62. The fraction of sp³-hybridized carbons (Fsp3) is 0.312. The molecule has 206 valence electrons. The van der Waals surface area contributed by atoms with Crippen LogP contribution < -0.4 is 10.3 Å². The largest absolute Gasteiger partial charge is 0.494 e. The molecule has 2 heterocycles. The Hall–Kier alpha value is -4.30. The van der Waals surface area contributed by atoms with Gasteiger partial charge in [0, 0.05) is 36.1 Å². The Balaban J connectivity index is 1.44. The van der Waals surface area contributed by atoms with E-state index in [2.05, 4.69) is 80.9 Å². The van der Waals surface area contributed by atoms with Gasteiger partial charge in [-0.1, -0.05) is 67.6 Å². The number of benzene rings is 3. The first-order chi connectivity index (χ1) is 19.6. The van der Waals surface area contributed by atoms with Gasteiger partial charge in [0.25, 0.3) is 5.56 Å². The van der Waals surface area contributed by atoms with Crippen LogP contribution in [-0.2, 0) is 25.9 Å². The molecule has 40 heavy (non-hydrogen) atoms. The Morgan fingerprint density at radius 2 is 1.65 bits per heavy atom. The maximum absolute atomic E-state index is 13.2. The average molecular weight is 537 g/mol. The van der Waals surface area contributed by atoms with E-state index in [1.165, 1.54) is 11.1 Å². The van der Waals surface area contributed by atoms with E-state index in [9.17, 15) is 4.79 Å². The maximum atomic E-state index is 13.2. The molecule has 0 spiro atoms. The topological polar surface area (TPSA) is 88.9 Å². The van der Waals surface area contributed by atoms with E-state index >= 15 is 0 Å². The zero-order valence-electron chi connectivity index (χ0n) is 23.2. The molecule has 0 aliphatic heterocycles. The molecule has 8 heteroatoms. The monoisotopic (exact) mass is 536 g/mol. The number of hydrogen-bond acceptors (Lipinski definition) is 6. The maximum Gasteiger partial charge on any atom is 0.252 e. The van der Waals surface area contributed by atoms with Gasteiger partial charge in [-0.2, -0.15) is 0 Å². The number of tetrazole rings is 1. The number of pyridine rings is 1. The van der Waals surface area contributed by atoms with Crippen molar-refractivity contribution in [3.8, 4) is 5.75 Å². The Bertz CT molecular complexity index is 1570. The highest BCUT2D eigenvalue weighted by atomic mass is 16.5. The van der Waals surface area contributed by atoms with Gasteiger partial charge >= 0.3 is 0 Å². The zero-order valence-corrected chi connectivity index (χ0v) is 23.2. The summed E-state index contributed by atoms with van der Waals surface area (Å²) in [6.07, 6.45) is 2.50. The Kier molecular flexibility index (Phi) is 8.98. The number of rotatable bonds is 13. The van der Waals surface area contributed by atoms with Crippen LogP contribution in [0.2, 0.25) is 0 Å². The second-order valence-electron chi connectivity index (χ2n) is 9.93. The van der Waals surface area contributed by atoms with E-state index in [0.717, 1.165) is 48.3 Å². The molecule has 0 radical (unpaired) electrons. The fourth-order valence-electron chi connectivity index (χ4n) is 5.18. The second-order valence-corrected chi connectivity index (χ2v) is 9.93. The first-order valence-corrected chi connectivity index (χ1v) is 14.0. The van der Waals surface area contributed by atoms with Crippen molar-refractivity contribution in [2.24, 2.45) is 0 Å². The Morgan fingerprint density at radius 3 is 2.35 bits per heavy atom. The van der Waals surface area contributed by atoms with Crippen molar-refractivity contribution in [3.05, 3.63) is 118 Å². The van der Waals surface area contributed by atoms with Crippen molar-refractivity contribution in [2.75, 3.05) is 13.2 Å². The van der Waals surface area contributed by atoms with Crippen LogP contribution in [-0.4, -0.2) is 43.2 Å². The summed E-state index contributed by atoms with van der Waals surface area (Å²) < 4.78 is 7.61. The van der Waals surface area contributed by atoms with Gasteiger partial charge in [0.1, 0.15) is 5.75 Å².